The molecule has 2 rings (SSSR count). The Balaban J connectivity index is 2.00. The number of hydrogen-bond donors (Lipinski definition) is 1. The van der Waals surface area contributed by atoms with Crippen LogP contribution in [0.5, 0.6) is 5.75 Å². The van der Waals surface area contributed by atoms with Gasteiger partial charge < -0.3 is 10.1 Å². The van der Waals surface area contributed by atoms with Crippen LogP contribution in [0.25, 0.3) is 0 Å². The zero-order valence-electron chi connectivity index (χ0n) is 11.7. The Labute approximate surface area is 118 Å². The SMILES string of the molecule is CCC(Oc1ccccc1)C(=O)Nc1ccc(C)cn1. The Morgan fingerprint density at radius 3 is 2.60 bits per heavy atom. The molecule has 0 fully saturated rings. The molecular weight excluding hydrogens is 252 g/mol. The fourth-order valence-electron chi connectivity index (χ4n) is 1.73. The molecule has 0 radical (unpaired) electrons. The van der Waals surface area contributed by atoms with Crippen LogP contribution in [0.4, 0.5) is 5.82 Å². The van der Waals surface area contributed by atoms with Crippen LogP contribution in [-0.2, 0) is 4.79 Å². The molecule has 1 aromatic carbocycles. The number of carbonyl (C=O) groups excluding carboxylic acids is 1. The number of hydrogen-bond acceptors (Lipinski definition) is 3. The molecule has 20 heavy (non-hydrogen) atoms. The van der Waals surface area contributed by atoms with Gasteiger partial charge in [-0.15, -0.1) is 0 Å². The van der Waals surface area contributed by atoms with Gasteiger partial charge in [-0.1, -0.05) is 31.2 Å². The summed E-state index contributed by atoms with van der Waals surface area (Å²) in [5.74, 6) is 1.04. The first kappa shape index (κ1) is 14.1. The molecule has 0 bridgehead atoms. The van der Waals surface area contributed by atoms with E-state index >= 15 is 0 Å². The number of rotatable bonds is 5. The zero-order valence-corrected chi connectivity index (χ0v) is 11.7. The lowest BCUT2D eigenvalue weighted by Gasteiger charge is -2.16. The van der Waals surface area contributed by atoms with Gasteiger partial charge in [0, 0.05) is 6.20 Å². The van der Waals surface area contributed by atoms with Crippen molar-refractivity contribution in [3.63, 3.8) is 0 Å². The van der Waals surface area contributed by atoms with Crippen LogP contribution in [0.15, 0.2) is 48.7 Å². The van der Waals surface area contributed by atoms with E-state index in [1.807, 2.05) is 50.2 Å². The number of pyridine rings is 1. The van der Waals surface area contributed by atoms with Gasteiger partial charge in [0.25, 0.3) is 5.91 Å². The Hall–Kier alpha value is -2.36. The maximum Gasteiger partial charge on any atom is 0.266 e. The molecule has 1 aromatic heterocycles. The zero-order chi connectivity index (χ0) is 14.4. The van der Waals surface area contributed by atoms with E-state index in [0.29, 0.717) is 18.0 Å². The number of benzene rings is 1. The number of ether oxygens (including phenoxy) is 1. The van der Waals surface area contributed by atoms with Crippen LogP contribution in [0.3, 0.4) is 0 Å². The second-order valence-corrected chi connectivity index (χ2v) is 4.54. The maximum atomic E-state index is 12.2. The number of carbonyl (C=O) groups is 1. The molecule has 1 atom stereocenters. The number of nitrogens with one attached hydrogen (secondary N) is 1. The van der Waals surface area contributed by atoms with E-state index in [1.54, 1.807) is 12.3 Å². The van der Waals surface area contributed by atoms with E-state index in [4.69, 9.17) is 4.74 Å². The molecule has 104 valence electrons. The molecule has 0 aliphatic rings. The molecule has 1 heterocycles. The summed E-state index contributed by atoms with van der Waals surface area (Å²) in [6.07, 6.45) is 1.78. The number of para-hydroxylation sites is 1. The summed E-state index contributed by atoms with van der Waals surface area (Å²) in [6.45, 7) is 3.86. The maximum absolute atomic E-state index is 12.2. The van der Waals surface area contributed by atoms with Gasteiger partial charge in [-0.2, -0.15) is 0 Å². The Bertz CT molecular complexity index is 552. The normalized spacial score (nSPS) is 11.7. The minimum Gasteiger partial charge on any atom is -0.481 e. The lowest BCUT2D eigenvalue weighted by atomic mass is 10.2. The van der Waals surface area contributed by atoms with Crippen molar-refractivity contribution in [2.75, 3.05) is 5.32 Å². The third-order valence-electron chi connectivity index (χ3n) is 2.85. The molecule has 1 unspecified atom stereocenters. The minimum absolute atomic E-state index is 0.187. The molecule has 2 aromatic rings. The first-order valence-corrected chi connectivity index (χ1v) is 6.64. The first-order chi connectivity index (χ1) is 9.69. The van der Waals surface area contributed by atoms with E-state index in [2.05, 4.69) is 10.3 Å². The van der Waals surface area contributed by atoms with Gasteiger partial charge in [-0.3, -0.25) is 4.79 Å². The molecule has 0 aliphatic heterocycles. The fraction of sp³-hybridized carbons (Fsp3) is 0.250. The smallest absolute Gasteiger partial charge is 0.266 e. The van der Waals surface area contributed by atoms with Crippen molar-refractivity contribution in [2.45, 2.75) is 26.4 Å². The lowest BCUT2D eigenvalue weighted by Crippen LogP contribution is -2.32. The van der Waals surface area contributed by atoms with Crippen molar-refractivity contribution in [1.82, 2.24) is 4.98 Å². The summed E-state index contributed by atoms with van der Waals surface area (Å²) in [5.41, 5.74) is 1.05. The van der Waals surface area contributed by atoms with Crippen molar-refractivity contribution in [1.29, 1.82) is 0 Å². The minimum atomic E-state index is -0.527. The van der Waals surface area contributed by atoms with Gasteiger partial charge in [0.15, 0.2) is 6.10 Å². The standard InChI is InChI=1S/C16H18N2O2/c1-3-14(20-13-7-5-4-6-8-13)16(19)18-15-10-9-12(2)11-17-15/h4-11,14H,3H2,1-2H3,(H,17,18,19). The monoisotopic (exact) mass is 270 g/mol. The Morgan fingerprint density at radius 2 is 2.00 bits per heavy atom. The van der Waals surface area contributed by atoms with E-state index in [-0.39, 0.29) is 5.91 Å². The Kier molecular flexibility index (Phi) is 4.71. The highest BCUT2D eigenvalue weighted by atomic mass is 16.5. The van der Waals surface area contributed by atoms with Gasteiger partial charge >= 0.3 is 0 Å². The number of amides is 1. The number of aromatic nitrogens is 1. The highest BCUT2D eigenvalue weighted by Crippen LogP contribution is 2.14. The van der Waals surface area contributed by atoms with Crippen LogP contribution in [0.2, 0.25) is 0 Å². The topological polar surface area (TPSA) is 51.2 Å². The lowest BCUT2D eigenvalue weighted by molar-refractivity contribution is -0.122. The van der Waals surface area contributed by atoms with Crippen molar-refractivity contribution >= 4 is 11.7 Å². The highest BCUT2D eigenvalue weighted by Gasteiger charge is 2.18. The summed E-state index contributed by atoms with van der Waals surface area (Å²) in [5, 5.41) is 2.77. The average molecular weight is 270 g/mol. The largest absolute Gasteiger partial charge is 0.481 e. The fourth-order valence-corrected chi connectivity index (χ4v) is 1.73. The average Bonchev–Trinajstić information content (AvgIpc) is 2.48. The van der Waals surface area contributed by atoms with Gasteiger partial charge in [0.2, 0.25) is 0 Å². The van der Waals surface area contributed by atoms with E-state index in [1.165, 1.54) is 0 Å². The number of anilines is 1. The van der Waals surface area contributed by atoms with E-state index in [0.717, 1.165) is 5.56 Å². The summed E-state index contributed by atoms with van der Waals surface area (Å²) in [6, 6.07) is 13.0. The third-order valence-corrected chi connectivity index (χ3v) is 2.85. The molecule has 1 N–H and O–H groups in total. The van der Waals surface area contributed by atoms with Gasteiger partial charge in [0.05, 0.1) is 0 Å². The summed E-state index contributed by atoms with van der Waals surface area (Å²) in [7, 11) is 0. The summed E-state index contributed by atoms with van der Waals surface area (Å²) >= 11 is 0. The summed E-state index contributed by atoms with van der Waals surface area (Å²) < 4.78 is 5.68. The molecule has 4 heteroatoms. The summed E-state index contributed by atoms with van der Waals surface area (Å²) in [4.78, 5) is 16.3. The van der Waals surface area contributed by atoms with Gasteiger partial charge in [-0.25, -0.2) is 4.98 Å². The molecule has 0 saturated heterocycles. The first-order valence-electron chi connectivity index (χ1n) is 6.64. The van der Waals surface area contributed by atoms with Crippen molar-refractivity contribution in [3.8, 4) is 5.75 Å². The quantitative estimate of drug-likeness (QED) is 0.907. The second kappa shape index (κ2) is 6.70. The molecule has 1 amide bonds. The molecular formula is C16H18N2O2. The van der Waals surface area contributed by atoms with Crippen molar-refractivity contribution in [3.05, 3.63) is 54.2 Å². The predicted octanol–water partition coefficient (Wildman–Crippen LogP) is 3.19. The molecule has 0 aliphatic carbocycles. The second-order valence-electron chi connectivity index (χ2n) is 4.54. The van der Waals surface area contributed by atoms with Crippen LogP contribution in [-0.4, -0.2) is 17.0 Å². The predicted molar refractivity (Wildman–Crippen MR) is 78.8 cm³/mol. The van der Waals surface area contributed by atoms with Crippen molar-refractivity contribution in [2.24, 2.45) is 0 Å². The van der Waals surface area contributed by atoms with Crippen LogP contribution in [0.1, 0.15) is 18.9 Å². The molecule has 0 saturated carbocycles. The van der Waals surface area contributed by atoms with Gasteiger partial charge in [-0.05, 0) is 37.1 Å². The van der Waals surface area contributed by atoms with E-state index in [9.17, 15) is 4.79 Å². The third kappa shape index (κ3) is 3.82. The number of nitrogens with zero attached hydrogens (tertiary/aromatic N) is 1. The Morgan fingerprint density at radius 1 is 1.25 bits per heavy atom. The van der Waals surface area contributed by atoms with Crippen LogP contribution in [0, 0.1) is 6.92 Å². The van der Waals surface area contributed by atoms with E-state index < -0.39 is 6.10 Å². The van der Waals surface area contributed by atoms with Crippen molar-refractivity contribution < 1.29 is 9.53 Å². The van der Waals surface area contributed by atoms with Crippen LogP contribution >= 0.6 is 0 Å². The van der Waals surface area contributed by atoms with Gasteiger partial charge in [0.1, 0.15) is 11.6 Å². The van der Waals surface area contributed by atoms with Crippen LogP contribution < -0.4 is 10.1 Å². The molecule has 4 nitrogen and oxygen atoms in total. The number of aryl methyl sites for hydroxylation is 1. The molecule has 0 spiro atoms. The highest BCUT2D eigenvalue weighted by molar-refractivity contribution is 5.93.